The van der Waals surface area contributed by atoms with Gasteiger partial charge in [0.05, 0.1) is 24.5 Å². The van der Waals surface area contributed by atoms with Crippen LogP contribution >= 0.6 is 0 Å². The second kappa shape index (κ2) is 14.8. The Kier molecular flexibility index (Phi) is 10.6. The van der Waals surface area contributed by atoms with Gasteiger partial charge in [-0.3, -0.25) is 14.5 Å². The first-order valence-electron chi connectivity index (χ1n) is 17.5. The molecule has 0 spiro atoms. The molecule has 4 atom stereocenters. The van der Waals surface area contributed by atoms with Crippen molar-refractivity contribution in [1.29, 1.82) is 0 Å². The molecule has 3 saturated heterocycles. The first kappa shape index (κ1) is 33.5. The fraction of sp³-hybridized carbons (Fsp3) is 0.667. The van der Waals surface area contributed by atoms with Crippen LogP contribution in [0.3, 0.4) is 0 Å². The topological polar surface area (TPSA) is 95.4 Å². The predicted molar refractivity (Wildman–Crippen MR) is 175 cm³/mol. The number of rotatable bonds is 14. The van der Waals surface area contributed by atoms with Crippen molar-refractivity contribution in [3.05, 3.63) is 47.5 Å². The fourth-order valence-electron chi connectivity index (χ4n) is 8.33. The van der Waals surface area contributed by atoms with Crippen molar-refractivity contribution in [3.8, 4) is 12.3 Å². The Morgan fingerprint density at radius 3 is 2.51 bits per heavy atom. The van der Waals surface area contributed by atoms with Crippen LogP contribution in [-0.2, 0) is 16.1 Å². The first-order valence-corrected chi connectivity index (χ1v) is 17.5. The van der Waals surface area contributed by atoms with Crippen molar-refractivity contribution in [2.45, 2.75) is 114 Å². The molecule has 9 nitrogen and oxygen atoms in total. The number of unbranched alkanes of at least 4 members (excludes halogenated alkanes) is 2. The molecule has 2 amide bonds. The number of terminal acetylenes is 1. The number of aromatic nitrogens is 3. The summed E-state index contributed by atoms with van der Waals surface area (Å²) < 4.78 is 29.7. The van der Waals surface area contributed by atoms with Crippen molar-refractivity contribution in [3.63, 3.8) is 0 Å². The van der Waals surface area contributed by atoms with Crippen LogP contribution in [0.1, 0.15) is 99.9 Å². The number of nitrogens with zero attached hydrogens (tertiary/aromatic N) is 5. The molecule has 1 aromatic heterocycles. The van der Waals surface area contributed by atoms with Crippen molar-refractivity contribution in [2.75, 3.05) is 26.2 Å². The summed E-state index contributed by atoms with van der Waals surface area (Å²) in [5, 5.41) is 15.3. The summed E-state index contributed by atoms with van der Waals surface area (Å²) in [6.45, 7) is 5.73. The molecule has 3 unspecified atom stereocenters. The third-order valence-corrected chi connectivity index (χ3v) is 11.0. The Balaban J connectivity index is 1.04. The number of hydrogen-bond acceptors (Lipinski definition) is 6. The normalized spacial score (nSPS) is 25.3. The lowest BCUT2D eigenvalue weighted by Crippen LogP contribution is -2.53. The number of aryl methyl sites for hydroxylation is 1. The molecular weight excluding hydrogens is 600 g/mol. The van der Waals surface area contributed by atoms with Crippen LogP contribution in [0, 0.1) is 31.1 Å². The highest BCUT2D eigenvalue weighted by Crippen LogP contribution is 2.45. The van der Waals surface area contributed by atoms with Gasteiger partial charge in [-0.15, -0.1) is 22.5 Å². The zero-order valence-corrected chi connectivity index (χ0v) is 27.6. The molecule has 2 aromatic rings. The number of fused-ring (bicyclic) bond motifs is 2. The number of amides is 2. The monoisotopic (exact) mass is 649 g/mol. The van der Waals surface area contributed by atoms with E-state index in [4.69, 9.17) is 6.42 Å². The van der Waals surface area contributed by atoms with Gasteiger partial charge in [-0.1, -0.05) is 30.3 Å². The SMILES string of the molecule is C#CCCCCN1CC(C(=O)NCc2nnc(C)n2C2CC3CCC2N3CC[C@H](NC(=O)C2CCC(F)(F)CC2)c2ccccc2)C1. The summed E-state index contributed by atoms with van der Waals surface area (Å²) in [5.74, 6) is 1.29. The zero-order valence-electron chi connectivity index (χ0n) is 27.6. The van der Waals surface area contributed by atoms with E-state index in [9.17, 15) is 18.4 Å². The standard InChI is InChI=1S/C36H49F2N7O2/c1-3-4-5-9-19-43-23-28(24-43)34(46)39-22-33-42-41-25(2)45(33)32-21-29-12-13-31(32)44(29)20-16-30(26-10-7-6-8-11-26)40-35(47)27-14-17-36(37,38)18-15-27/h1,6-8,10-11,27-32H,4-5,9,12-24H2,2H3,(H,39,46)(H,40,47)/t29?,30-,31?,32?/m0/s1. The van der Waals surface area contributed by atoms with Crippen LogP contribution in [0.5, 0.6) is 0 Å². The van der Waals surface area contributed by atoms with Crippen molar-refractivity contribution in [2.24, 2.45) is 11.8 Å². The van der Waals surface area contributed by atoms with E-state index in [2.05, 4.69) is 41.1 Å². The lowest BCUT2D eigenvalue weighted by molar-refractivity contribution is -0.131. The number of nitrogens with one attached hydrogen (secondary N) is 2. The van der Waals surface area contributed by atoms with E-state index in [1.165, 1.54) is 0 Å². The summed E-state index contributed by atoms with van der Waals surface area (Å²) in [7, 11) is 0. The largest absolute Gasteiger partial charge is 0.349 e. The van der Waals surface area contributed by atoms with E-state index in [0.717, 1.165) is 88.3 Å². The third kappa shape index (κ3) is 7.86. The summed E-state index contributed by atoms with van der Waals surface area (Å²) in [6, 6.07) is 10.8. The maximum Gasteiger partial charge on any atom is 0.248 e. The van der Waals surface area contributed by atoms with Crippen LogP contribution in [0.4, 0.5) is 8.78 Å². The molecule has 3 aliphatic heterocycles. The van der Waals surface area contributed by atoms with Gasteiger partial charge in [-0.05, 0) is 70.4 Å². The summed E-state index contributed by atoms with van der Waals surface area (Å²) in [4.78, 5) is 31.1. The second-order valence-corrected chi connectivity index (χ2v) is 14.1. The first-order chi connectivity index (χ1) is 22.7. The van der Waals surface area contributed by atoms with Crippen molar-refractivity contribution >= 4 is 11.8 Å². The molecule has 4 aliphatic rings. The average molecular weight is 650 g/mol. The smallest absolute Gasteiger partial charge is 0.248 e. The Labute approximate surface area is 277 Å². The molecule has 1 aliphatic carbocycles. The minimum Gasteiger partial charge on any atom is -0.349 e. The average Bonchev–Trinajstić information content (AvgIpc) is 3.72. The van der Waals surface area contributed by atoms with Crippen LogP contribution in [0.15, 0.2) is 30.3 Å². The Bertz CT molecular complexity index is 1410. The van der Waals surface area contributed by atoms with Crippen molar-refractivity contribution in [1.82, 2.24) is 35.2 Å². The van der Waals surface area contributed by atoms with Crippen molar-refractivity contribution < 1.29 is 18.4 Å². The summed E-state index contributed by atoms with van der Waals surface area (Å²) in [5.41, 5.74) is 1.04. The number of carbonyl (C=O) groups excluding carboxylic acids is 2. The maximum atomic E-state index is 13.7. The van der Waals surface area contributed by atoms with Gasteiger partial charge in [0.2, 0.25) is 17.7 Å². The van der Waals surface area contributed by atoms with Gasteiger partial charge in [-0.25, -0.2) is 8.78 Å². The molecule has 0 radical (unpaired) electrons. The number of likely N-dealkylation sites (tertiary alicyclic amines) is 1. The highest BCUT2D eigenvalue weighted by molar-refractivity contribution is 5.80. The Morgan fingerprint density at radius 1 is 1.00 bits per heavy atom. The zero-order chi connectivity index (χ0) is 33.0. The lowest BCUT2D eigenvalue weighted by Gasteiger charge is -2.38. The number of alkyl halides is 2. The molecule has 4 fully saturated rings. The van der Waals surface area contributed by atoms with Gasteiger partial charge in [0.25, 0.3) is 0 Å². The van der Waals surface area contributed by atoms with Gasteiger partial charge in [0.1, 0.15) is 5.82 Å². The predicted octanol–water partition coefficient (Wildman–Crippen LogP) is 4.79. The maximum absolute atomic E-state index is 13.7. The third-order valence-electron chi connectivity index (χ3n) is 11.0. The molecule has 1 aromatic carbocycles. The van der Waals surface area contributed by atoms with Gasteiger partial charge < -0.3 is 20.1 Å². The summed E-state index contributed by atoms with van der Waals surface area (Å²) in [6.07, 6.45) is 12.2. The number of halogens is 2. The number of carbonyl (C=O) groups is 2. The molecular formula is C36H49F2N7O2. The molecule has 1 saturated carbocycles. The molecule has 2 bridgehead atoms. The molecule has 254 valence electrons. The Morgan fingerprint density at radius 2 is 1.77 bits per heavy atom. The molecule has 2 N–H and O–H groups in total. The van der Waals surface area contributed by atoms with E-state index >= 15 is 0 Å². The quantitative estimate of drug-likeness (QED) is 0.226. The Hall–Kier alpha value is -3.36. The molecule has 6 rings (SSSR count). The minimum atomic E-state index is -2.66. The fourth-order valence-corrected chi connectivity index (χ4v) is 8.33. The second-order valence-electron chi connectivity index (χ2n) is 14.1. The number of hydrogen-bond donors (Lipinski definition) is 2. The van der Waals surface area contributed by atoms with Crippen LogP contribution in [-0.4, -0.2) is 80.6 Å². The molecule has 11 heteroatoms. The van der Waals surface area contributed by atoms with E-state index in [1.54, 1.807) is 0 Å². The van der Waals surface area contributed by atoms with Gasteiger partial charge in [0.15, 0.2) is 5.82 Å². The van der Waals surface area contributed by atoms with E-state index in [0.29, 0.717) is 18.6 Å². The van der Waals surface area contributed by atoms with Crippen LogP contribution in [0.2, 0.25) is 0 Å². The lowest BCUT2D eigenvalue weighted by atomic mass is 9.86. The van der Waals surface area contributed by atoms with Crippen LogP contribution < -0.4 is 10.6 Å². The highest BCUT2D eigenvalue weighted by atomic mass is 19.3. The van der Waals surface area contributed by atoms with E-state index in [1.807, 2.05) is 37.3 Å². The van der Waals surface area contributed by atoms with E-state index in [-0.39, 0.29) is 61.4 Å². The van der Waals surface area contributed by atoms with E-state index < -0.39 is 5.92 Å². The number of benzene rings is 1. The van der Waals surface area contributed by atoms with Gasteiger partial charge >= 0.3 is 0 Å². The molecule has 47 heavy (non-hydrogen) atoms. The highest BCUT2D eigenvalue weighted by Gasteiger charge is 2.48. The van der Waals surface area contributed by atoms with Crippen LogP contribution in [0.25, 0.3) is 0 Å². The molecule has 4 heterocycles. The van der Waals surface area contributed by atoms with Gasteiger partial charge in [-0.2, -0.15) is 0 Å². The van der Waals surface area contributed by atoms with Gasteiger partial charge in [0, 0.05) is 56.9 Å². The summed E-state index contributed by atoms with van der Waals surface area (Å²) >= 11 is 0. The minimum absolute atomic E-state index is 0.00944.